The number of imide groups is 1. The Kier molecular flexibility index (Phi) is 9.81. The van der Waals surface area contributed by atoms with E-state index in [4.69, 9.17) is 21.1 Å². The number of para-hydroxylation sites is 1. The zero-order valence-corrected chi connectivity index (χ0v) is 30.3. The molecule has 2 aromatic carbocycles. The Morgan fingerprint density at radius 3 is 2.51 bits per heavy atom. The molecule has 3 aliphatic rings. The molecule has 272 valence electrons. The first-order valence-corrected chi connectivity index (χ1v) is 18.6. The number of ether oxygens (including phenoxy) is 2. The van der Waals surface area contributed by atoms with Crippen molar-refractivity contribution in [1.82, 2.24) is 19.9 Å². The minimum atomic E-state index is -3.93. The normalized spacial score (nSPS) is 24.0. The summed E-state index contributed by atoms with van der Waals surface area (Å²) >= 11 is 6.32. The topological polar surface area (TPSA) is 156 Å². The number of aromatic nitrogens is 1. The van der Waals surface area contributed by atoms with Crippen LogP contribution in [-0.4, -0.2) is 78.7 Å². The number of amides is 3. The number of pyridine rings is 1. The van der Waals surface area contributed by atoms with E-state index in [9.17, 15) is 27.2 Å². The van der Waals surface area contributed by atoms with Crippen LogP contribution < -0.4 is 24.8 Å². The molecule has 3 fully saturated rings. The number of benzene rings is 2. The predicted molar refractivity (Wildman–Crippen MR) is 190 cm³/mol. The number of fused-ring (bicyclic) bond motifs is 1. The second-order valence-corrected chi connectivity index (χ2v) is 16.8. The summed E-state index contributed by atoms with van der Waals surface area (Å²) in [6.45, 7) is 9.20. The number of sulfonamides is 1. The predicted octanol–water partition coefficient (Wildman–Crippen LogP) is 4.58. The van der Waals surface area contributed by atoms with Gasteiger partial charge in [-0.2, -0.15) is 0 Å². The number of likely N-dealkylation sites (tertiary alicyclic amines) is 1. The lowest BCUT2D eigenvalue weighted by atomic mass is 9.85. The Morgan fingerprint density at radius 1 is 1.16 bits per heavy atom. The van der Waals surface area contributed by atoms with Gasteiger partial charge in [-0.05, 0) is 55.0 Å². The first kappa shape index (κ1) is 36.5. The molecule has 2 aliphatic carbocycles. The van der Waals surface area contributed by atoms with Crippen LogP contribution in [-0.2, 0) is 24.4 Å². The van der Waals surface area contributed by atoms with Gasteiger partial charge in [-0.25, -0.2) is 17.8 Å². The summed E-state index contributed by atoms with van der Waals surface area (Å²) in [6, 6.07) is 8.91. The van der Waals surface area contributed by atoms with Crippen LogP contribution in [0.3, 0.4) is 0 Å². The highest BCUT2D eigenvalue weighted by Gasteiger charge is 2.67. The zero-order chi connectivity index (χ0) is 36.9. The Hall–Kier alpha value is -4.27. The molecule has 15 heteroatoms. The van der Waals surface area contributed by atoms with Crippen molar-refractivity contribution in [2.45, 2.75) is 75.4 Å². The van der Waals surface area contributed by atoms with Gasteiger partial charge in [0.25, 0.3) is 5.91 Å². The molecular formula is C36H41ClFN5O7S. The van der Waals surface area contributed by atoms with Crippen LogP contribution in [0, 0.1) is 17.2 Å². The molecule has 2 saturated carbocycles. The summed E-state index contributed by atoms with van der Waals surface area (Å²) in [5, 5.41) is 6.46. The number of carbonyl (C=O) groups excluding carboxylic acids is 3. The van der Waals surface area contributed by atoms with Crippen LogP contribution in [0.15, 0.2) is 61.3 Å². The van der Waals surface area contributed by atoms with E-state index in [0.29, 0.717) is 34.4 Å². The first-order chi connectivity index (χ1) is 24.1. The summed E-state index contributed by atoms with van der Waals surface area (Å²) < 4.78 is 54.6. The van der Waals surface area contributed by atoms with Crippen LogP contribution >= 0.6 is 11.6 Å². The van der Waals surface area contributed by atoms with Crippen molar-refractivity contribution in [3.05, 3.63) is 72.2 Å². The van der Waals surface area contributed by atoms with E-state index in [2.05, 4.69) is 26.9 Å². The van der Waals surface area contributed by atoms with Crippen molar-refractivity contribution in [2.75, 3.05) is 19.0 Å². The third kappa shape index (κ3) is 7.26. The van der Waals surface area contributed by atoms with Gasteiger partial charge in [0.15, 0.2) is 0 Å². The van der Waals surface area contributed by atoms with Gasteiger partial charge in [0.05, 0.1) is 30.3 Å². The number of carbonyl (C=O) groups is 3. The van der Waals surface area contributed by atoms with E-state index in [1.54, 1.807) is 56.0 Å². The van der Waals surface area contributed by atoms with Gasteiger partial charge in [-0.15, -0.1) is 6.58 Å². The lowest BCUT2D eigenvalue weighted by Crippen LogP contribution is -2.59. The number of hydrogen-bond donors (Lipinski definition) is 3. The zero-order valence-electron chi connectivity index (χ0n) is 28.7. The molecule has 3 aromatic rings. The largest absolute Gasteiger partial charge is 0.494 e. The van der Waals surface area contributed by atoms with Crippen LogP contribution in [0.2, 0.25) is 5.02 Å². The van der Waals surface area contributed by atoms with Crippen LogP contribution in [0.25, 0.3) is 10.8 Å². The SMILES string of the molecule is C=C[C@@H]1C[C@@]1(C(=O)NS(=O)(=O)C1CC1)N1C[C@H](Oc2ncc(OC)c3ccc(Cl)cc23)C[C@H]1C(=O)NC(=O)[C@H](Nc1ccccc1F)C(C)(C)C. The van der Waals surface area contributed by atoms with Gasteiger partial charge in [0.1, 0.15) is 29.3 Å². The molecule has 5 atom stereocenters. The van der Waals surface area contributed by atoms with E-state index < -0.39 is 73.9 Å². The fourth-order valence-electron chi connectivity index (χ4n) is 6.79. The van der Waals surface area contributed by atoms with Crippen LogP contribution in [0.1, 0.15) is 46.5 Å². The lowest BCUT2D eigenvalue weighted by Gasteiger charge is -2.34. The molecule has 0 bridgehead atoms. The van der Waals surface area contributed by atoms with Crippen molar-refractivity contribution in [2.24, 2.45) is 11.3 Å². The standard InChI is InChI=1S/C36H41ClFN5O7S/c1-6-20-17-36(20,34(46)42-51(47,48)23-12-13-23)43-19-22(50-33-25-15-21(37)11-14-24(25)29(49-5)18-39-33)16-28(43)31(44)41-32(45)30(35(2,3)4)40-27-10-8-7-9-26(27)38/h6-11,14-15,18,20,22-23,28,30,40H,1,12-13,16-17,19H2,2-5H3,(H,42,46)(H,41,44,45)/t20-,22-,28+,30+,36-/m1/s1. The van der Waals surface area contributed by atoms with Crippen LogP contribution in [0.5, 0.6) is 11.6 Å². The summed E-state index contributed by atoms with van der Waals surface area (Å²) in [5.41, 5.74) is -2.12. The first-order valence-electron chi connectivity index (χ1n) is 16.7. The van der Waals surface area contributed by atoms with E-state index in [-0.39, 0.29) is 31.0 Å². The Bertz CT molecular complexity index is 2000. The average molecular weight is 742 g/mol. The third-order valence-corrected chi connectivity index (χ3v) is 11.8. The summed E-state index contributed by atoms with van der Waals surface area (Å²) in [7, 11) is -2.41. The van der Waals surface area contributed by atoms with E-state index in [1.807, 2.05) is 0 Å². The van der Waals surface area contributed by atoms with Gasteiger partial charge >= 0.3 is 0 Å². The minimum absolute atomic E-state index is 0.0134. The molecule has 51 heavy (non-hydrogen) atoms. The van der Waals surface area contributed by atoms with Crippen molar-refractivity contribution in [1.29, 1.82) is 0 Å². The maximum atomic E-state index is 14.6. The quantitative estimate of drug-likeness (QED) is 0.225. The summed E-state index contributed by atoms with van der Waals surface area (Å²) in [6.07, 6.45) is 3.46. The molecular weight excluding hydrogens is 701 g/mol. The number of nitrogens with one attached hydrogen (secondary N) is 3. The molecule has 3 amide bonds. The van der Waals surface area contributed by atoms with Gasteiger partial charge in [0, 0.05) is 34.7 Å². The second-order valence-electron chi connectivity index (χ2n) is 14.4. The third-order valence-electron chi connectivity index (χ3n) is 9.76. The van der Waals surface area contributed by atoms with Crippen LogP contribution in [0.4, 0.5) is 10.1 Å². The molecule has 1 saturated heterocycles. The van der Waals surface area contributed by atoms with Crippen molar-refractivity contribution in [3.8, 4) is 11.6 Å². The number of halogens is 2. The highest BCUT2D eigenvalue weighted by molar-refractivity contribution is 7.91. The molecule has 0 unspecified atom stereocenters. The molecule has 2 heterocycles. The maximum Gasteiger partial charge on any atom is 0.254 e. The molecule has 6 rings (SSSR count). The molecule has 0 radical (unpaired) electrons. The van der Waals surface area contributed by atoms with Crippen molar-refractivity contribution >= 4 is 55.8 Å². The van der Waals surface area contributed by atoms with Crippen molar-refractivity contribution in [3.63, 3.8) is 0 Å². The molecule has 1 aromatic heterocycles. The van der Waals surface area contributed by atoms with Gasteiger partial charge < -0.3 is 14.8 Å². The lowest BCUT2D eigenvalue weighted by molar-refractivity contribution is -0.136. The number of rotatable bonds is 12. The van der Waals surface area contributed by atoms with E-state index >= 15 is 0 Å². The fraction of sp³-hybridized carbons (Fsp3) is 0.444. The summed E-state index contributed by atoms with van der Waals surface area (Å²) in [5.74, 6) is -2.54. The Labute approximate surface area is 301 Å². The average Bonchev–Trinajstić information content (AvgIpc) is 4.00. The number of nitrogens with zero attached hydrogens (tertiary/aromatic N) is 2. The van der Waals surface area contributed by atoms with Crippen molar-refractivity contribution < 1.29 is 36.7 Å². The smallest absolute Gasteiger partial charge is 0.254 e. The minimum Gasteiger partial charge on any atom is -0.494 e. The highest BCUT2D eigenvalue weighted by Crippen LogP contribution is 2.53. The Morgan fingerprint density at radius 2 is 1.88 bits per heavy atom. The van der Waals surface area contributed by atoms with E-state index in [0.717, 1.165) is 0 Å². The summed E-state index contributed by atoms with van der Waals surface area (Å²) in [4.78, 5) is 48.0. The Balaban J connectivity index is 1.32. The maximum absolute atomic E-state index is 14.6. The van der Waals surface area contributed by atoms with Gasteiger partial charge in [0.2, 0.25) is 27.7 Å². The highest BCUT2D eigenvalue weighted by atomic mass is 35.5. The fourth-order valence-corrected chi connectivity index (χ4v) is 8.32. The second kappa shape index (κ2) is 13.7. The molecule has 12 nitrogen and oxygen atoms in total. The van der Waals surface area contributed by atoms with Gasteiger partial charge in [-0.3, -0.25) is 29.3 Å². The number of methoxy groups -OCH3 is 1. The monoisotopic (exact) mass is 741 g/mol. The van der Waals surface area contributed by atoms with E-state index in [1.165, 1.54) is 31.5 Å². The molecule has 0 spiro atoms. The van der Waals surface area contributed by atoms with Gasteiger partial charge in [-0.1, -0.05) is 50.6 Å². The number of anilines is 1. The molecule has 3 N–H and O–H groups in total. The number of hydrogen-bond acceptors (Lipinski definition) is 10. The molecule has 1 aliphatic heterocycles.